The van der Waals surface area contributed by atoms with E-state index >= 15 is 0 Å². The Labute approximate surface area is 185 Å². The number of amides is 2. The molecule has 0 atom stereocenters. The third-order valence-corrected chi connectivity index (χ3v) is 5.58. The van der Waals surface area contributed by atoms with Crippen LogP contribution in [0.3, 0.4) is 0 Å². The van der Waals surface area contributed by atoms with Gasteiger partial charge in [-0.05, 0) is 30.7 Å². The number of halogens is 1. The lowest BCUT2D eigenvalue weighted by Gasteiger charge is -2.34. The maximum Gasteiger partial charge on any atom is 0.409 e. The molecule has 2 aromatic heterocycles. The van der Waals surface area contributed by atoms with Crippen molar-refractivity contribution < 1.29 is 14.3 Å². The van der Waals surface area contributed by atoms with Crippen molar-refractivity contribution in [3.05, 3.63) is 53.3 Å². The zero-order valence-electron chi connectivity index (χ0n) is 17.3. The first-order valence-electron chi connectivity index (χ1n) is 10.2. The molecular formula is C22H24ClN5O3. The highest BCUT2D eigenvalue weighted by atomic mass is 35.5. The third kappa shape index (κ3) is 4.44. The minimum absolute atomic E-state index is 0.0973. The maximum atomic E-state index is 13.0. The van der Waals surface area contributed by atoms with Crippen LogP contribution in [0.4, 0.5) is 4.79 Å². The van der Waals surface area contributed by atoms with E-state index in [1.165, 1.54) is 4.68 Å². The van der Waals surface area contributed by atoms with Crippen molar-refractivity contribution in [1.29, 1.82) is 0 Å². The summed E-state index contributed by atoms with van der Waals surface area (Å²) in [4.78, 5) is 33.1. The molecule has 1 fully saturated rings. The highest BCUT2D eigenvalue weighted by Gasteiger charge is 2.26. The molecule has 0 unspecified atom stereocenters. The molecule has 1 aliphatic rings. The smallest absolute Gasteiger partial charge is 0.409 e. The molecule has 2 N–H and O–H groups in total. The summed E-state index contributed by atoms with van der Waals surface area (Å²) in [5, 5.41) is 1.33. The number of rotatable bonds is 4. The number of hydrogen-bond acceptors (Lipinski definition) is 5. The van der Waals surface area contributed by atoms with Crippen LogP contribution >= 0.6 is 11.6 Å². The second kappa shape index (κ2) is 8.85. The minimum atomic E-state index is -0.322. The van der Waals surface area contributed by atoms with Crippen molar-refractivity contribution in [2.45, 2.75) is 13.3 Å². The number of hydrogen-bond donors (Lipinski definition) is 1. The van der Waals surface area contributed by atoms with Gasteiger partial charge in [0.1, 0.15) is 0 Å². The Morgan fingerprint density at radius 1 is 1.13 bits per heavy atom. The summed E-state index contributed by atoms with van der Waals surface area (Å²) in [7, 11) is 0. The van der Waals surface area contributed by atoms with E-state index in [9.17, 15) is 9.59 Å². The van der Waals surface area contributed by atoms with Crippen molar-refractivity contribution >= 4 is 34.5 Å². The van der Waals surface area contributed by atoms with E-state index in [-0.39, 0.29) is 12.0 Å². The summed E-state index contributed by atoms with van der Waals surface area (Å²) in [6.07, 6.45) is 3.94. The highest BCUT2D eigenvalue weighted by molar-refractivity contribution is 6.35. The molecule has 0 saturated carbocycles. The molecule has 0 spiro atoms. The number of benzene rings is 1. The van der Waals surface area contributed by atoms with Gasteiger partial charge in [0.05, 0.1) is 22.8 Å². The Morgan fingerprint density at radius 2 is 1.87 bits per heavy atom. The highest BCUT2D eigenvalue weighted by Crippen LogP contribution is 2.29. The molecule has 3 aromatic rings. The van der Waals surface area contributed by atoms with E-state index in [0.717, 1.165) is 17.4 Å². The van der Waals surface area contributed by atoms with Crippen molar-refractivity contribution in [3.8, 4) is 11.3 Å². The molecule has 3 heterocycles. The van der Waals surface area contributed by atoms with Gasteiger partial charge in [-0.25, -0.2) is 9.78 Å². The zero-order chi connectivity index (χ0) is 22.0. The predicted octanol–water partition coefficient (Wildman–Crippen LogP) is 3.37. The van der Waals surface area contributed by atoms with Crippen LogP contribution in [0.15, 0.2) is 42.7 Å². The van der Waals surface area contributed by atoms with Crippen molar-refractivity contribution in [2.24, 2.45) is 0 Å². The number of nitrogen functional groups attached to an aromatic ring is 1. The molecule has 1 aromatic carbocycles. The van der Waals surface area contributed by atoms with Gasteiger partial charge in [0.2, 0.25) is 0 Å². The topological polar surface area (TPSA) is 93.7 Å². The Bertz CT molecular complexity index is 1120. The summed E-state index contributed by atoms with van der Waals surface area (Å²) in [6.45, 7) is 4.17. The molecule has 1 saturated heterocycles. The summed E-state index contributed by atoms with van der Waals surface area (Å²) >= 11 is 6.46. The molecule has 31 heavy (non-hydrogen) atoms. The van der Waals surface area contributed by atoms with E-state index in [0.29, 0.717) is 54.6 Å². The van der Waals surface area contributed by atoms with Gasteiger partial charge in [0, 0.05) is 55.1 Å². The molecule has 0 radical (unpaired) electrons. The molecule has 8 nitrogen and oxygen atoms in total. The second-order valence-corrected chi connectivity index (χ2v) is 7.87. The average Bonchev–Trinajstić information content (AvgIpc) is 3.23. The number of fused-ring (bicyclic) bond motifs is 1. The largest absolute Gasteiger partial charge is 0.449 e. The molecule has 1 aliphatic heterocycles. The Kier molecular flexibility index (Phi) is 5.99. The molecule has 0 aliphatic carbocycles. The van der Waals surface area contributed by atoms with Crippen molar-refractivity contribution in [2.75, 3.05) is 38.6 Å². The lowest BCUT2D eigenvalue weighted by molar-refractivity contribution is 0.0560. The quantitative estimate of drug-likeness (QED) is 0.626. The number of carbonyl (C=O) groups excluding carboxylic acids is 2. The van der Waals surface area contributed by atoms with Gasteiger partial charge in [0.25, 0.3) is 5.91 Å². The molecule has 2 amide bonds. The molecule has 0 bridgehead atoms. The molecule has 4 rings (SSSR count). The first-order chi connectivity index (χ1) is 15.0. The second-order valence-electron chi connectivity index (χ2n) is 7.46. The fourth-order valence-corrected chi connectivity index (χ4v) is 3.85. The first-order valence-corrected chi connectivity index (χ1v) is 10.6. The fourth-order valence-electron chi connectivity index (χ4n) is 3.59. The van der Waals surface area contributed by atoms with Crippen LogP contribution in [-0.2, 0) is 4.74 Å². The maximum absolute atomic E-state index is 13.0. The van der Waals surface area contributed by atoms with Crippen LogP contribution in [0.1, 0.15) is 23.7 Å². The molecule has 162 valence electrons. The Hall–Kier alpha value is -3.26. The fraction of sp³-hybridized carbons (Fsp3) is 0.318. The van der Waals surface area contributed by atoms with E-state index in [2.05, 4.69) is 4.98 Å². The van der Waals surface area contributed by atoms with Crippen LogP contribution in [0, 0.1) is 0 Å². The number of nitrogens with zero attached hydrogens (tertiary/aromatic N) is 4. The van der Waals surface area contributed by atoms with Gasteiger partial charge in [0.15, 0.2) is 0 Å². The van der Waals surface area contributed by atoms with Gasteiger partial charge in [-0.15, -0.1) is 0 Å². The number of pyridine rings is 1. The molecular weight excluding hydrogens is 418 g/mol. The van der Waals surface area contributed by atoms with Crippen molar-refractivity contribution in [1.82, 2.24) is 19.5 Å². The first kappa shape index (κ1) is 21.0. The van der Waals surface area contributed by atoms with Gasteiger partial charge in [-0.3, -0.25) is 9.47 Å². The van der Waals surface area contributed by atoms with Crippen LogP contribution in [0.2, 0.25) is 5.02 Å². The van der Waals surface area contributed by atoms with Crippen LogP contribution in [0.25, 0.3) is 22.2 Å². The van der Waals surface area contributed by atoms with E-state index < -0.39 is 0 Å². The number of ether oxygens (including phenoxy) is 1. The van der Waals surface area contributed by atoms with E-state index in [4.69, 9.17) is 22.2 Å². The number of aromatic nitrogens is 2. The normalized spacial score (nSPS) is 14.1. The van der Waals surface area contributed by atoms with Crippen LogP contribution < -0.4 is 5.84 Å². The van der Waals surface area contributed by atoms with E-state index in [1.807, 2.05) is 19.1 Å². The number of carbonyl (C=O) groups is 2. The Morgan fingerprint density at radius 3 is 2.55 bits per heavy atom. The van der Waals surface area contributed by atoms with Gasteiger partial charge >= 0.3 is 6.09 Å². The third-order valence-electron chi connectivity index (χ3n) is 5.27. The summed E-state index contributed by atoms with van der Waals surface area (Å²) in [5.74, 6) is 5.64. The van der Waals surface area contributed by atoms with Gasteiger partial charge < -0.3 is 20.4 Å². The van der Waals surface area contributed by atoms with Gasteiger partial charge in [-0.2, -0.15) is 0 Å². The lowest BCUT2D eigenvalue weighted by Crippen LogP contribution is -2.50. The number of piperazine rings is 1. The monoisotopic (exact) mass is 441 g/mol. The zero-order valence-corrected chi connectivity index (χ0v) is 18.0. The summed E-state index contributed by atoms with van der Waals surface area (Å²) in [6, 6.07) is 8.97. The van der Waals surface area contributed by atoms with E-state index in [1.54, 1.807) is 40.4 Å². The SMILES string of the molecule is CCCOC(=O)N1CCN(C(=O)c2ccc3c(Cl)cc(-c4ccn(N)c4)nc3c2)CC1. The van der Waals surface area contributed by atoms with Gasteiger partial charge in [-0.1, -0.05) is 24.6 Å². The Balaban J connectivity index is 1.52. The van der Waals surface area contributed by atoms with Crippen LogP contribution in [0.5, 0.6) is 0 Å². The average molecular weight is 442 g/mol. The summed E-state index contributed by atoms with van der Waals surface area (Å²) in [5.41, 5.74) is 2.70. The standard InChI is InChI=1S/C22H24ClN5O3/c1-2-11-31-22(30)27-9-7-26(8-10-27)21(29)15-3-4-17-18(23)13-19(25-20(17)12-15)16-5-6-28(24)14-16/h3-6,12-14H,2,7-11,24H2,1H3. The van der Waals surface area contributed by atoms with Crippen LogP contribution in [-0.4, -0.2) is 64.2 Å². The van der Waals surface area contributed by atoms with Crippen molar-refractivity contribution in [3.63, 3.8) is 0 Å². The lowest BCUT2D eigenvalue weighted by atomic mass is 10.1. The predicted molar refractivity (Wildman–Crippen MR) is 119 cm³/mol. The number of nitrogens with two attached hydrogens (primary N) is 1. The summed E-state index contributed by atoms with van der Waals surface area (Å²) < 4.78 is 6.62. The molecule has 9 heteroatoms. The minimum Gasteiger partial charge on any atom is -0.449 e.